The fraction of sp³-hybridized carbons (Fsp3) is 0.680. The highest BCUT2D eigenvalue weighted by atomic mass is 16.3. The van der Waals surface area contributed by atoms with Crippen LogP contribution >= 0.6 is 0 Å². The van der Waals surface area contributed by atoms with Crippen LogP contribution in [0.15, 0.2) is 29.3 Å². The van der Waals surface area contributed by atoms with Gasteiger partial charge < -0.3 is 21.1 Å². The lowest BCUT2D eigenvalue weighted by Gasteiger charge is -2.31. The van der Waals surface area contributed by atoms with Crippen LogP contribution in [-0.2, 0) is 17.8 Å². The predicted molar refractivity (Wildman–Crippen MR) is 130 cm³/mol. The Morgan fingerprint density at radius 3 is 2.78 bits per heavy atom. The van der Waals surface area contributed by atoms with Gasteiger partial charge in [0.1, 0.15) is 0 Å². The Kier molecular flexibility index (Phi) is 9.36. The van der Waals surface area contributed by atoms with Gasteiger partial charge in [-0.25, -0.2) is 0 Å². The molecule has 2 aliphatic rings. The lowest BCUT2D eigenvalue weighted by Crippen LogP contribution is -2.48. The number of nitrogens with one attached hydrogen (secondary N) is 3. The minimum atomic E-state index is -0.508. The highest BCUT2D eigenvalue weighted by Crippen LogP contribution is 2.24. The summed E-state index contributed by atoms with van der Waals surface area (Å²) >= 11 is 0. The van der Waals surface area contributed by atoms with Crippen molar-refractivity contribution < 1.29 is 9.90 Å². The van der Waals surface area contributed by atoms with Gasteiger partial charge in [-0.1, -0.05) is 30.7 Å². The minimum absolute atomic E-state index is 0.0547. The fourth-order valence-corrected chi connectivity index (χ4v) is 4.74. The summed E-state index contributed by atoms with van der Waals surface area (Å²) in [6.07, 6.45) is 4.36. The summed E-state index contributed by atoms with van der Waals surface area (Å²) in [5.74, 6) is 0.941. The van der Waals surface area contributed by atoms with E-state index in [0.29, 0.717) is 13.1 Å². The van der Waals surface area contributed by atoms with Crippen LogP contribution in [0.2, 0.25) is 0 Å². The van der Waals surface area contributed by atoms with Gasteiger partial charge in [0.2, 0.25) is 5.91 Å². The number of guanidine groups is 1. The zero-order chi connectivity index (χ0) is 22.9. The molecule has 3 unspecified atom stereocenters. The predicted octanol–water partition coefficient (Wildman–Crippen LogP) is 2.04. The third kappa shape index (κ3) is 7.48. The molecule has 1 heterocycles. The monoisotopic (exact) mass is 443 g/mol. The number of amides is 1. The molecule has 32 heavy (non-hydrogen) atoms. The summed E-state index contributed by atoms with van der Waals surface area (Å²) < 4.78 is 0. The molecule has 0 aromatic heterocycles. The Hall–Kier alpha value is -2.12. The van der Waals surface area contributed by atoms with Crippen molar-refractivity contribution in [2.75, 3.05) is 26.2 Å². The molecule has 7 nitrogen and oxygen atoms in total. The lowest BCUT2D eigenvalue weighted by molar-refractivity contribution is -0.126. The van der Waals surface area contributed by atoms with Crippen molar-refractivity contribution in [1.29, 1.82) is 0 Å². The van der Waals surface area contributed by atoms with Crippen molar-refractivity contribution in [2.45, 2.75) is 77.6 Å². The zero-order valence-electron chi connectivity index (χ0n) is 19.9. The smallest absolute Gasteiger partial charge is 0.223 e. The Labute approximate surface area is 193 Å². The van der Waals surface area contributed by atoms with Crippen LogP contribution in [0.25, 0.3) is 0 Å². The molecule has 1 aromatic rings. The van der Waals surface area contributed by atoms with Gasteiger partial charge in [0.05, 0.1) is 12.6 Å². The standard InChI is InChI=1S/C25H41N5O2/c1-4-26-25(29-22-11-7-10-20(14-22)24(32)28-18(2)3)27-15-23(31)17-30-13-12-19-8-5-6-9-21(19)16-30/h5-6,8-9,18,20,22-23,31H,4,7,10-17H2,1-3H3,(H,28,32)(H2,26,27,29). The van der Waals surface area contributed by atoms with Gasteiger partial charge in [-0.3, -0.25) is 14.7 Å². The lowest BCUT2D eigenvalue weighted by atomic mass is 9.85. The van der Waals surface area contributed by atoms with Crippen molar-refractivity contribution in [2.24, 2.45) is 10.9 Å². The summed E-state index contributed by atoms with van der Waals surface area (Å²) in [5.41, 5.74) is 2.78. The average molecular weight is 444 g/mol. The average Bonchev–Trinajstić information content (AvgIpc) is 2.77. The number of β-amino-alcohol motifs (C(OH)–C–C–N with tert-alkyl or cyclic N) is 1. The van der Waals surface area contributed by atoms with E-state index >= 15 is 0 Å². The van der Waals surface area contributed by atoms with Gasteiger partial charge in [-0.15, -0.1) is 0 Å². The van der Waals surface area contributed by atoms with Gasteiger partial charge in [0, 0.05) is 44.2 Å². The van der Waals surface area contributed by atoms with Crippen molar-refractivity contribution in [3.63, 3.8) is 0 Å². The second-order valence-corrected chi connectivity index (χ2v) is 9.50. The third-order valence-corrected chi connectivity index (χ3v) is 6.30. The highest BCUT2D eigenvalue weighted by Gasteiger charge is 2.28. The number of rotatable bonds is 8. The van der Waals surface area contributed by atoms with E-state index in [2.05, 4.69) is 50.1 Å². The first-order chi connectivity index (χ1) is 15.4. The summed E-state index contributed by atoms with van der Waals surface area (Å²) in [6.45, 7) is 9.64. The normalized spacial score (nSPS) is 22.8. The molecule has 4 N–H and O–H groups in total. The van der Waals surface area contributed by atoms with Crippen LogP contribution in [0.5, 0.6) is 0 Å². The highest BCUT2D eigenvalue weighted by molar-refractivity contribution is 5.81. The molecule has 0 saturated heterocycles. The van der Waals surface area contributed by atoms with Gasteiger partial charge in [0.15, 0.2) is 5.96 Å². The maximum Gasteiger partial charge on any atom is 0.223 e. The van der Waals surface area contributed by atoms with Crippen LogP contribution in [0, 0.1) is 5.92 Å². The molecular formula is C25H41N5O2. The molecule has 3 atom stereocenters. The SMILES string of the molecule is CCNC(=NCC(O)CN1CCc2ccccc2C1)NC1CCCC(C(=O)NC(C)C)C1. The fourth-order valence-electron chi connectivity index (χ4n) is 4.74. The molecule has 0 bridgehead atoms. The molecule has 1 amide bonds. The second-order valence-electron chi connectivity index (χ2n) is 9.50. The molecule has 7 heteroatoms. The quantitative estimate of drug-likeness (QED) is 0.365. The van der Waals surface area contributed by atoms with Gasteiger partial charge >= 0.3 is 0 Å². The maximum atomic E-state index is 12.4. The van der Waals surface area contributed by atoms with Gasteiger partial charge in [-0.2, -0.15) is 0 Å². The molecule has 3 rings (SSSR count). The summed E-state index contributed by atoms with van der Waals surface area (Å²) in [4.78, 5) is 19.4. The van der Waals surface area contributed by atoms with E-state index in [1.807, 2.05) is 20.8 Å². The summed E-state index contributed by atoms with van der Waals surface area (Å²) in [5, 5.41) is 20.5. The number of fused-ring (bicyclic) bond motifs is 1. The van der Waals surface area contributed by atoms with Crippen LogP contribution in [0.3, 0.4) is 0 Å². The van der Waals surface area contributed by atoms with E-state index in [-0.39, 0.29) is 23.9 Å². The van der Waals surface area contributed by atoms with Crippen LogP contribution < -0.4 is 16.0 Å². The maximum absolute atomic E-state index is 12.4. The number of hydrogen-bond donors (Lipinski definition) is 4. The summed E-state index contributed by atoms with van der Waals surface area (Å²) in [7, 11) is 0. The number of carbonyl (C=O) groups is 1. The molecule has 1 aliphatic heterocycles. The van der Waals surface area contributed by atoms with E-state index in [4.69, 9.17) is 0 Å². The van der Waals surface area contributed by atoms with Crippen LogP contribution in [0.4, 0.5) is 0 Å². The van der Waals surface area contributed by atoms with E-state index < -0.39 is 6.10 Å². The first-order valence-corrected chi connectivity index (χ1v) is 12.3. The molecule has 1 saturated carbocycles. The van der Waals surface area contributed by atoms with E-state index in [0.717, 1.165) is 57.7 Å². The minimum Gasteiger partial charge on any atom is -0.390 e. The number of aliphatic hydroxyl groups is 1. The number of aliphatic hydroxyl groups excluding tert-OH is 1. The van der Waals surface area contributed by atoms with Crippen LogP contribution in [-0.4, -0.2) is 66.2 Å². The van der Waals surface area contributed by atoms with E-state index in [1.165, 1.54) is 11.1 Å². The number of aliphatic imine (C=N–C) groups is 1. The number of carbonyl (C=O) groups excluding carboxylic acids is 1. The van der Waals surface area contributed by atoms with Gasteiger partial charge in [-0.05, 0) is 57.6 Å². The molecule has 0 spiro atoms. The van der Waals surface area contributed by atoms with Crippen molar-refractivity contribution in [1.82, 2.24) is 20.9 Å². The third-order valence-electron chi connectivity index (χ3n) is 6.30. The van der Waals surface area contributed by atoms with Crippen molar-refractivity contribution >= 4 is 11.9 Å². The first-order valence-electron chi connectivity index (χ1n) is 12.3. The molecular weight excluding hydrogens is 402 g/mol. The zero-order valence-corrected chi connectivity index (χ0v) is 19.9. The first kappa shape index (κ1) is 24.5. The number of hydrogen-bond acceptors (Lipinski definition) is 4. The van der Waals surface area contributed by atoms with Gasteiger partial charge in [0.25, 0.3) is 0 Å². The molecule has 0 radical (unpaired) electrons. The molecule has 1 aliphatic carbocycles. The summed E-state index contributed by atoms with van der Waals surface area (Å²) in [6, 6.07) is 8.95. The van der Waals surface area contributed by atoms with E-state index in [1.54, 1.807) is 0 Å². The van der Waals surface area contributed by atoms with Crippen molar-refractivity contribution in [3.8, 4) is 0 Å². The largest absolute Gasteiger partial charge is 0.390 e. The van der Waals surface area contributed by atoms with Crippen molar-refractivity contribution in [3.05, 3.63) is 35.4 Å². The Balaban J connectivity index is 1.49. The topological polar surface area (TPSA) is 89.0 Å². The molecule has 1 aromatic carbocycles. The molecule has 1 fully saturated rings. The second kappa shape index (κ2) is 12.2. The number of benzene rings is 1. The molecule has 178 valence electrons. The Morgan fingerprint density at radius 2 is 2.03 bits per heavy atom. The number of nitrogens with zero attached hydrogens (tertiary/aromatic N) is 2. The van der Waals surface area contributed by atoms with Crippen LogP contribution in [0.1, 0.15) is 57.6 Å². The Bertz CT molecular complexity index is 766. The Morgan fingerprint density at radius 1 is 1.25 bits per heavy atom. The van der Waals surface area contributed by atoms with E-state index in [9.17, 15) is 9.90 Å².